The molecule has 0 spiro atoms. The molecule has 0 atom stereocenters. The lowest BCUT2D eigenvalue weighted by atomic mass is 10.1. The molecule has 6 nitrogen and oxygen atoms in total. The van der Waals surface area contributed by atoms with Gasteiger partial charge in [0.15, 0.2) is 5.82 Å². The number of halogens is 1. The lowest BCUT2D eigenvalue weighted by molar-refractivity contribution is 0.596. The standard InChI is InChI=1S/C24H19FN6/c25-20-14-17(15-26)7-8-22(20)30-10-12-31(13-11-30)24-19-5-1-2-6-21(19)28-23(29-24)18-4-3-9-27-16-18/h1-9,14,16H,10-13H2. The van der Waals surface area contributed by atoms with Gasteiger partial charge in [0, 0.05) is 49.5 Å². The van der Waals surface area contributed by atoms with Gasteiger partial charge in [0.25, 0.3) is 0 Å². The highest BCUT2D eigenvalue weighted by molar-refractivity contribution is 5.91. The van der Waals surface area contributed by atoms with Crippen LogP contribution in [0.4, 0.5) is 15.9 Å². The first-order valence-corrected chi connectivity index (χ1v) is 10.1. The molecular weight excluding hydrogens is 391 g/mol. The maximum Gasteiger partial charge on any atom is 0.163 e. The van der Waals surface area contributed by atoms with Crippen molar-refractivity contribution in [2.24, 2.45) is 0 Å². The molecule has 0 unspecified atom stereocenters. The normalized spacial score (nSPS) is 13.9. The molecule has 3 heterocycles. The smallest absolute Gasteiger partial charge is 0.163 e. The molecular formula is C24H19FN6. The number of fused-ring (bicyclic) bond motifs is 1. The molecule has 4 aromatic rings. The maximum atomic E-state index is 14.5. The lowest BCUT2D eigenvalue weighted by Gasteiger charge is -2.37. The average molecular weight is 410 g/mol. The lowest BCUT2D eigenvalue weighted by Crippen LogP contribution is -2.47. The van der Waals surface area contributed by atoms with Crippen molar-refractivity contribution in [3.63, 3.8) is 0 Å². The number of rotatable bonds is 3. The average Bonchev–Trinajstić information content (AvgIpc) is 2.84. The van der Waals surface area contributed by atoms with Crippen LogP contribution in [0, 0.1) is 17.1 Å². The van der Waals surface area contributed by atoms with Gasteiger partial charge in [0.1, 0.15) is 11.6 Å². The predicted molar refractivity (Wildman–Crippen MR) is 118 cm³/mol. The summed E-state index contributed by atoms with van der Waals surface area (Å²) < 4.78 is 14.5. The van der Waals surface area contributed by atoms with Crippen LogP contribution in [0.5, 0.6) is 0 Å². The van der Waals surface area contributed by atoms with Crippen molar-refractivity contribution < 1.29 is 4.39 Å². The molecule has 0 N–H and O–H groups in total. The first-order valence-electron chi connectivity index (χ1n) is 10.1. The number of hydrogen-bond donors (Lipinski definition) is 0. The van der Waals surface area contributed by atoms with Crippen molar-refractivity contribution in [1.82, 2.24) is 15.0 Å². The minimum Gasteiger partial charge on any atom is -0.366 e. The first-order chi connectivity index (χ1) is 15.2. The molecule has 31 heavy (non-hydrogen) atoms. The van der Waals surface area contributed by atoms with Gasteiger partial charge in [-0.1, -0.05) is 12.1 Å². The van der Waals surface area contributed by atoms with Crippen LogP contribution < -0.4 is 9.80 Å². The third kappa shape index (κ3) is 3.64. The van der Waals surface area contributed by atoms with Crippen LogP contribution >= 0.6 is 0 Å². The third-order valence-electron chi connectivity index (χ3n) is 5.50. The Bertz CT molecular complexity index is 1280. The fourth-order valence-corrected chi connectivity index (χ4v) is 3.92. The number of nitrogens with zero attached hydrogens (tertiary/aromatic N) is 6. The van der Waals surface area contributed by atoms with Crippen molar-refractivity contribution in [3.05, 3.63) is 78.4 Å². The van der Waals surface area contributed by atoms with Gasteiger partial charge >= 0.3 is 0 Å². The van der Waals surface area contributed by atoms with Gasteiger partial charge in [0.2, 0.25) is 0 Å². The molecule has 1 aliphatic rings. The zero-order chi connectivity index (χ0) is 21.2. The van der Waals surface area contributed by atoms with Gasteiger partial charge in [-0.05, 0) is 42.5 Å². The zero-order valence-corrected chi connectivity index (χ0v) is 16.7. The molecule has 2 aromatic heterocycles. The topological polar surface area (TPSA) is 68.9 Å². The van der Waals surface area contributed by atoms with E-state index in [4.69, 9.17) is 15.2 Å². The molecule has 5 rings (SSSR count). The fraction of sp³-hybridized carbons (Fsp3) is 0.167. The molecule has 0 bridgehead atoms. The van der Waals surface area contributed by atoms with Crippen LogP contribution in [0.15, 0.2) is 67.0 Å². The van der Waals surface area contributed by atoms with Crippen molar-refractivity contribution in [2.75, 3.05) is 36.0 Å². The number of piperazine rings is 1. The van der Waals surface area contributed by atoms with Gasteiger partial charge in [-0.3, -0.25) is 4.98 Å². The molecule has 7 heteroatoms. The van der Waals surface area contributed by atoms with E-state index in [1.165, 1.54) is 6.07 Å². The van der Waals surface area contributed by atoms with Gasteiger partial charge in [-0.25, -0.2) is 14.4 Å². The number of anilines is 2. The molecule has 2 aromatic carbocycles. The van der Waals surface area contributed by atoms with Gasteiger partial charge in [0.05, 0.1) is 22.8 Å². The Kier molecular flexibility index (Phi) is 4.89. The van der Waals surface area contributed by atoms with E-state index in [2.05, 4.69) is 9.88 Å². The highest BCUT2D eigenvalue weighted by atomic mass is 19.1. The minimum absolute atomic E-state index is 0.329. The second-order valence-electron chi connectivity index (χ2n) is 7.38. The number of aromatic nitrogens is 3. The molecule has 1 aliphatic heterocycles. The highest BCUT2D eigenvalue weighted by Gasteiger charge is 2.23. The van der Waals surface area contributed by atoms with E-state index in [1.807, 2.05) is 47.4 Å². The number of nitriles is 1. The van der Waals surface area contributed by atoms with E-state index < -0.39 is 0 Å². The summed E-state index contributed by atoms with van der Waals surface area (Å²) in [5.74, 6) is 1.16. The summed E-state index contributed by atoms with van der Waals surface area (Å²) in [5, 5.41) is 9.96. The summed E-state index contributed by atoms with van der Waals surface area (Å²) in [6, 6.07) is 18.4. The second kappa shape index (κ2) is 8.00. The van der Waals surface area contributed by atoms with E-state index in [9.17, 15) is 4.39 Å². The predicted octanol–water partition coefficient (Wildman–Crippen LogP) is 4.03. The van der Waals surface area contributed by atoms with E-state index in [0.717, 1.165) is 22.3 Å². The fourth-order valence-electron chi connectivity index (χ4n) is 3.92. The molecule has 0 aliphatic carbocycles. The summed E-state index contributed by atoms with van der Waals surface area (Å²) in [6.45, 7) is 2.71. The van der Waals surface area contributed by atoms with Crippen LogP contribution in [-0.4, -0.2) is 41.1 Å². The Morgan fingerprint density at radius 2 is 1.71 bits per heavy atom. The summed E-state index contributed by atoms with van der Waals surface area (Å²) in [4.78, 5) is 18.0. The highest BCUT2D eigenvalue weighted by Crippen LogP contribution is 2.29. The van der Waals surface area contributed by atoms with E-state index in [-0.39, 0.29) is 5.82 Å². The van der Waals surface area contributed by atoms with Crippen LogP contribution in [0.2, 0.25) is 0 Å². The van der Waals surface area contributed by atoms with E-state index in [0.29, 0.717) is 43.3 Å². The van der Waals surface area contributed by atoms with Crippen LogP contribution in [0.25, 0.3) is 22.3 Å². The molecule has 0 radical (unpaired) electrons. The molecule has 1 fully saturated rings. The number of hydrogen-bond acceptors (Lipinski definition) is 6. The van der Waals surface area contributed by atoms with Gasteiger partial charge < -0.3 is 9.80 Å². The van der Waals surface area contributed by atoms with Crippen LogP contribution in [0.3, 0.4) is 0 Å². The van der Waals surface area contributed by atoms with E-state index in [1.54, 1.807) is 24.5 Å². The van der Waals surface area contributed by atoms with Crippen molar-refractivity contribution in [3.8, 4) is 17.5 Å². The summed E-state index contributed by atoms with van der Waals surface area (Å²) in [5.41, 5.74) is 2.61. The number of benzene rings is 2. The number of pyridine rings is 1. The minimum atomic E-state index is -0.362. The maximum absolute atomic E-state index is 14.5. The molecule has 152 valence electrons. The Morgan fingerprint density at radius 1 is 0.903 bits per heavy atom. The Morgan fingerprint density at radius 3 is 2.45 bits per heavy atom. The number of para-hydroxylation sites is 1. The monoisotopic (exact) mass is 410 g/mol. The van der Waals surface area contributed by atoms with Crippen molar-refractivity contribution in [2.45, 2.75) is 0 Å². The SMILES string of the molecule is N#Cc1ccc(N2CCN(c3nc(-c4cccnc4)nc4ccccc34)CC2)c(F)c1. The molecule has 0 saturated carbocycles. The van der Waals surface area contributed by atoms with E-state index >= 15 is 0 Å². The largest absolute Gasteiger partial charge is 0.366 e. The van der Waals surface area contributed by atoms with Crippen LogP contribution in [0.1, 0.15) is 5.56 Å². The second-order valence-corrected chi connectivity index (χ2v) is 7.38. The Hall–Kier alpha value is -4.05. The third-order valence-corrected chi connectivity index (χ3v) is 5.50. The summed E-state index contributed by atoms with van der Waals surface area (Å²) in [7, 11) is 0. The zero-order valence-electron chi connectivity index (χ0n) is 16.7. The van der Waals surface area contributed by atoms with Crippen LogP contribution in [-0.2, 0) is 0 Å². The van der Waals surface area contributed by atoms with Gasteiger partial charge in [-0.15, -0.1) is 0 Å². The Labute approximate surface area is 179 Å². The summed E-state index contributed by atoms with van der Waals surface area (Å²) >= 11 is 0. The summed E-state index contributed by atoms with van der Waals surface area (Å²) in [6.07, 6.45) is 3.49. The first kappa shape index (κ1) is 18.9. The molecule has 1 saturated heterocycles. The Balaban J connectivity index is 1.45. The molecule has 0 amide bonds. The van der Waals surface area contributed by atoms with Gasteiger partial charge in [-0.2, -0.15) is 5.26 Å². The quantitative estimate of drug-likeness (QED) is 0.508. The van der Waals surface area contributed by atoms with Crippen molar-refractivity contribution >= 4 is 22.4 Å². The van der Waals surface area contributed by atoms with Crippen molar-refractivity contribution in [1.29, 1.82) is 5.26 Å².